The van der Waals surface area contributed by atoms with E-state index in [0.29, 0.717) is 34.3 Å². The Labute approximate surface area is 186 Å². The van der Waals surface area contributed by atoms with Crippen molar-refractivity contribution in [2.24, 2.45) is 5.92 Å². The minimum absolute atomic E-state index is 0.00997. The molecule has 1 saturated heterocycles. The van der Waals surface area contributed by atoms with Gasteiger partial charge in [-0.3, -0.25) is 0 Å². The molecular weight excluding hydrogens is 417 g/mol. The third-order valence-electron chi connectivity index (χ3n) is 5.94. The van der Waals surface area contributed by atoms with Crippen molar-refractivity contribution in [3.05, 3.63) is 35.2 Å². The SMILES string of the molecule is CCN(CC)CC1CCN(c2ncc3nc(-c4ccc(F)c(Cl)c4)nc(N)c3n2)CC1. The standard InChI is InChI=1S/C22H27ClFN7/c1-3-30(4-2)13-14-7-9-31(10-8-14)22-26-12-18-19(28-22)20(25)29-21(27-18)15-5-6-17(24)16(23)11-15/h5-6,11-12,14H,3-4,7-10,13H2,1-2H3,(H2,25,27,29). The highest BCUT2D eigenvalue weighted by Crippen LogP contribution is 2.27. The van der Waals surface area contributed by atoms with E-state index in [1.807, 2.05) is 0 Å². The quantitative estimate of drug-likeness (QED) is 0.615. The first-order valence-corrected chi connectivity index (χ1v) is 11.1. The average Bonchev–Trinajstić information content (AvgIpc) is 2.79. The Kier molecular flexibility index (Phi) is 6.48. The predicted molar refractivity (Wildman–Crippen MR) is 123 cm³/mol. The summed E-state index contributed by atoms with van der Waals surface area (Å²) in [5.74, 6) is 1.49. The fourth-order valence-electron chi connectivity index (χ4n) is 4.02. The third-order valence-corrected chi connectivity index (χ3v) is 6.23. The highest BCUT2D eigenvalue weighted by molar-refractivity contribution is 6.31. The monoisotopic (exact) mass is 443 g/mol. The molecule has 0 amide bonds. The Bertz CT molecular complexity index is 1070. The van der Waals surface area contributed by atoms with Crippen LogP contribution in [0.3, 0.4) is 0 Å². The molecule has 0 aliphatic carbocycles. The molecule has 0 atom stereocenters. The van der Waals surface area contributed by atoms with Crippen LogP contribution in [-0.2, 0) is 0 Å². The Balaban J connectivity index is 1.52. The van der Waals surface area contributed by atoms with E-state index < -0.39 is 5.82 Å². The summed E-state index contributed by atoms with van der Waals surface area (Å²) < 4.78 is 13.5. The Hall–Kier alpha value is -2.58. The number of piperidine rings is 1. The Morgan fingerprint density at radius 1 is 1.16 bits per heavy atom. The van der Waals surface area contributed by atoms with Crippen LogP contribution in [0.5, 0.6) is 0 Å². The van der Waals surface area contributed by atoms with E-state index in [4.69, 9.17) is 17.3 Å². The molecule has 1 aromatic carbocycles. The molecule has 31 heavy (non-hydrogen) atoms. The molecular formula is C22H27ClFN7. The van der Waals surface area contributed by atoms with E-state index in [1.165, 1.54) is 12.1 Å². The normalized spacial score (nSPS) is 15.2. The molecule has 1 aliphatic heterocycles. The summed E-state index contributed by atoms with van der Waals surface area (Å²) in [4.78, 5) is 22.7. The van der Waals surface area contributed by atoms with E-state index in [0.717, 1.165) is 45.6 Å². The van der Waals surface area contributed by atoms with Crippen LogP contribution in [-0.4, -0.2) is 57.6 Å². The van der Waals surface area contributed by atoms with Gasteiger partial charge in [0.2, 0.25) is 5.95 Å². The van der Waals surface area contributed by atoms with Gasteiger partial charge in [0.15, 0.2) is 11.6 Å². The maximum Gasteiger partial charge on any atom is 0.226 e. The molecule has 1 aliphatic rings. The number of nitrogen functional groups attached to an aromatic ring is 1. The van der Waals surface area contributed by atoms with Crippen LogP contribution >= 0.6 is 11.6 Å². The Morgan fingerprint density at radius 2 is 1.90 bits per heavy atom. The van der Waals surface area contributed by atoms with Crippen molar-refractivity contribution in [2.45, 2.75) is 26.7 Å². The largest absolute Gasteiger partial charge is 0.382 e. The van der Waals surface area contributed by atoms with Gasteiger partial charge in [0.25, 0.3) is 0 Å². The topological polar surface area (TPSA) is 84.1 Å². The van der Waals surface area contributed by atoms with E-state index in [2.05, 4.69) is 43.6 Å². The molecule has 0 bridgehead atoms. The first-order chi connectivity index (χ1) is 15.0. The molecule has 164 valence electrons. The smallest absolute Gasteiger partial charge is 0.226 e. The van der Waals surface area contributed by atoms with E-state index in [9.17, 15) is 4.39 Å². The number of fused-ring (bicyclic) bond motifs is 1. The second kappa shape index (κ2) is 9.28. The third kappa shape index (κ3) is 4.70. The van der Waals surface area contributed by atoms with Gasteiger partial charge in [0.05, 0.1) is 11.2 Å². The summed E-state index contributed by atoms with van der Waals surface area (Å²) in [6.45, 7) is 9.60. The van der Waals surface area contributed by atoms with Crippen LogP contribution in [0.4, 0.5) is 16.2 Å². The fourth-order valence-corrected chi connectivity index (χ4v) is 4.20. The second-order valence-electron chi connectivity index (χ2n) is 7.88. The molecule has 2 N–H and O–H groups in total. The first-order valence-electron chi connectivity index (χ1n) is 10.7. The maximum absolute atomic E-state index is 13.5. The Morgan fingerprint density at radius 3 is 2.58 bits per heavy atom. The zero-order chi connectivity index (χ0) is 22.0. The summed E-state index contributed by atoms with van der Waals surface area (Å²) in [5.41, 5.74) is 7.84. The molecule has 0 saturated carbocycles. The number of hydrogen-bond donors (Lipinski definition) is 1. The van der Waals surface area contributed by atoms with Gasteiger partial charge in [-0.25, -0.2) is 24.3 Å². The number of halogens is 2. The van der Waals surface area contributed by atoms with Crippen LogP contribution < -0.4 is 10.6 Å². The van der Waals surface area contributed by atoms with Gasteiger partial charge in [0.1, 0.15) is 16.9 Å². The fraction of sp³-hybridized carbons (Fsp3) is 0.455. The van der Waals surface area contributed by atoms with Gasteiger partial charge in [-0.2, -0.15) is 0 Å². The highest BCUT2D eigenvalue weighted by atomic mass is 35.5. The van der Waals surface area contributed by atoms with Gasteiger partial charge < -0.3 is 15.5 Å². The molecule has 4 rings (SSSR count). The number of benzene rings is 1. The summed E-state index contributed by atoms with van der Waals surface area (Å²) in [6.07, 6.45) is 3.91. The number of anilines is 2. The van der Waals surface area contributed by atoms with Crippen molar-refractivity contribution >= 4 is 34.4 Å². The van der Waals surface area contributed by atoms with Crippen molar-refractivity contribution in [3.63, 3.8) is 0 Å². The lowest BCUT2D eigenvalue weighted by Gasteiger charge is -2.34. The van der Waals surface area contributed by atoms with Gasteiger partial charge >= 0.3 is 0 Å². The maximum atomic E-state index is 13.5. The molecule has 1 fully saturated rings. The summed E-state index contributed by atoms with van der Waals surface area (Å²) in [7, 11) is 0. The average molecular weight is 444 g/mol. The summed E-state index contributed by atoms with van der Waals surface area (Å²) in [5, 5.41) is 0.00997. The summed E-state index contributed by atoms with van der Waals surface area (Å²) >= 11 is 5.89. The molecule has 0 spiro atoms. The lowest BCUT2D eigenvalue weighted by molar-refractivity contribution is 0.229. The molecule has 0 radical (unpaired) electrons. The van der Waals surface area contributed by atoms with E-state index >= 15 is 0 Å². The number of nitrogens with two attached hydrogens (primary N) is 1. The van der Waals surface area contributed by atoms with Crippen LogP contribution in [0.1, 0.15) is 26.7 Å². The van der Waals surface area contributed by atoms with E-state index in [1.54, 1.807) is 12.3 Å². The van der Waals surface area contributed by atoms with Crippen LogP contribution in [0.25, 0.3) is 22.4 Å². The minimum Gasteiger partial charge on any atom is -0.382 e. The highest BCUT2D eigenvalue weighted by Gasteiger charge is 2.23. The molecule has 2 aromatic heterocycles. The van der Waals surface area contributed by atoms with Crippen molar-refractivity contribution in [3.8, 4) is 11.4 Å². The van der Waals surface area contributed by atoms with Gasteiger partial charge in [-0.15, -0.1) is 0 Å². The van der Waals surface area contributed by atoms with E-state index in [-0.39, 0.29) is 10.8 Å². The van der Waals surface area contributed by atoms with Crippen molar-refractivity contribution in [1.82, 2.24) is 24.8 Å². The number of aromatic nitrogens is 4. The number of rotatable bonds is 6. The molecule has 9 heteroatoms. The molecule has 0 unspecified atom stereocenters. The zero-order valence-corrected chi connectivity index (χ0v) is 18.6. The minimum atomic E-state index is -0.493. The molecule has 7 nitrogen and oxygen atoms in total. The van der Waals surface area contributed by atoms with Crippen LogP contribution in [0.2, 0.25) is 5.02 Å². The van der Waals surface area contributed by atoms with Crippen molar-refractivity contribution in [1.29, 1.82) is 0 Å². The first kappa shape index (κ1) is 21.6. The molecule has 3 heterocycles. The van der Waals surface area contributed by atoms with Gasteiger partial charge in [-0.05, 0) is 50.0 Å². The predicted octanol–water partition coefficient (Wildman–Crippen LogP) is 4.02. The van der Waals surface area contributed by atoms with Crippen molar-refractivity contribution < 1.29 is 4.39 Å². The van der Waals surface area contributed by atoms with Crippen LogP contribution in [0, 0.1) is 11.7 Å². The number of nitrogens with zero attached hydrogens (tertiary/aromatic N) is 6. The van der Waals surface area contributed by atoms with Gasteiger partial charge in [0, 0.05) is 25.2 Å². The number of hydrogen-bond acceptors (Lipinski definition) is 7. The zero-order valence-electron chi connectivity index (χ0n) is 17.9. The van der Waals surface area contributed by atoms with Crippen molar-refractivity contribution in [2.75, 3.05) is 43.4 Å². The lowest BCUT2D eigenvalue weighted by Crippen LogP contribution is -2.39. The second-order valence-corrected chi connectivity index (χ2v) is 8.29. The van der Waals surface area contributed by atoms with Gasteiger partial charge in [-0.1, -0.05) is 25.4 Å². The van der Waals surface area contributed by atoms with Crippen LogP contribution in [0.15, 0.2) is 24.4 Å². The molecule has 3 aromatic rings. The lowest BCUT2D eigenvalue weighted by atomic mass is 9.96. The summed E-state index contributed by atoms with van der Waals surface area (Å²) in [6, 6.07) is 4.33.